The number of hydrogen-bond acceptors (Lipinski definition) is 3. The summed E-state index contributed by atoms with van der Waals surface area (Å²) in [5, 5.41) is 2.82. The largest absolute Gasteiger partial charge is 0.444 e. The number of ether oxygens (including phenoxy) is 1. The molecule has 0 aromatic heterocycles. The molecule has 0 bridgehead atoms. The van der Waals surface area contributed by atoms with Crippen LogP contribution in [0.25, 0.3) is 0 Å². The van der Waals surface area contributed by atoms with E-state index in [1.54, 1.807) is 0 Å². The molecule has 0 aliphatic carbocycles. The van der Waals surface area contributed by atoms with Crippen LogP contribution in [0.2, 0.25) is 0 Å². The van der Waals surface area contributed by atoms with Crippen molar-refractivity contribution in [3.05, 3.63) is 0 Å². The van der Waals surface area contributed by atoms with E-state index in [1.165, 1.54) is 0 Å². The zero-order valence-corrected chi connectivity index (χ0v) is 12.2. The Kier molecular flexibility index (Phi) is 10.6. The fourth-order valence-corrected chi connectivity index (χ4v) is 1.35. The fourth-order valence-electron chi connectivity index (χ4n) is 1.35. The van der Waals surface area contributed by atoms with E-state index in [1.807, 2.05) is 27.7 Å². The van der Waals surface area contributed by atoms with Gasteiger partial charge in [-0.05, 0) is 47.1 Å². The van der Waals surface area contributed by atoms with E-state index in [4.69, 9.17) is 10.5 Å². The summed E-state index contributed by atoms with van der Waals surface area (Å²) < 4.78 is 5.17. The number of halogens is 1. The Bertz CT molecular complexity index is 205. The number of alkyl carbamates (subject to hydrolysis) is 1. The highest BCUT2D eigenvalue weighted by atomic mass is 35.5. The molecule has 0 aromatic rings. The summed E-state index contributed by atoms with van der Waals surface area (Å²) >= 11 is 0. The molecule has 0 saturated heterocycles. The van der Waals surface area contributed by atoms with Gasteiger partial charge < -0.3 is 15.8 Å². The summed E-state index contributed by atoms with van der Waals surface area (Å²) in [4.78, 5) is 11.4. The van der Waals surface area contributed by atoms with E-state index in [-0.39, 0.29) is 24.5 Å². The predicted octanol–water partition coefficient (Wildman–Crippen LogP) is 2.84. The van der Waals surface area contributed by atoms with Crippen LogP contribution in [0.5, 0.6) is 0 Å². The molecule has 104 valence electrons. The molecular weight excluding hydrogens is 240 g/mol. The predicted molar refractivity (Wildman–Crippen MR) is 73.6 cm³/mol. The van der Waals surface area contributed by atoms with Gasteiger partial charge in [0.05, 0.1) is 0 Å². The first-order valence-corrected chi connectivity index (χ1v) is 6.04. The smallest absolute Gasteiger partial charge is 0.407 e. The zero-order chi connectivity index (χ0) is 12.6. The average Bonchev–Trinajstić information content (AvgIpc) is 2.09. The minimum Gasteiger partial charge on any atom is -0.444 e. The lowest BCUT2D eigenvalue weighted by Crippen LogP contribution is -2.37. The van der Waals surface area contributed by atoms with E-state index in [9.17, 15) is 4.79 Å². The van der Waals surface area contributed by atoms with Crippen molar-refractivity contribution >= 4 is 18.5 Å². The third-order valence-electron chi connectivity index (χ3n) is 2.10. The standard InChI is InChI=1S/C12H26N2O2.ClH/c1-10(8-6-5-7-9-13)14-11(15)16-12(2,3)4;/h10H,5-9,13H2,1-4H3,(H,14,15);1H/t10-;/m0./s1. The van der Waals surface area contributed by atoms with E-state index >= 15 is 0 Å². The molecule has 0 saturated carbocycles. The number of amides is 1. The van der Waals surface area contributed by atoms with Crippen molar-refractivity contribution in [3.8, 4) is 0 Å². The molecule has 0 aromatic carbocycles. The van der Waals surface area contributed by atoms with Crippen molar-refractivity contribution in [2.75, 3.05) is 6.54 Å². The lowest BCUT2D eigenvalue weighted by molar-refractivity contribution is 0.0506. The van der Waals surface area contributed by atoms with E-state index in [0.29, 0.717) is 0 Å². The van der Waals surface area contributed by atoms with Gasteiger partial charge in [-0.1, -0.05) is 12.8 Å². The van der Waals surface area contributed by atoms with Gasteiger partial charge in [-0.15, -0.1) is 12.4 Å². The second-order valence-corrected chi connectivity index (χ2v) is 5.19. The Morgan fingerprint density at radius 2 is 1.88 bits per heavy atom. The lowest BCUT2D eigenvalue weighted by atomic mass is 10.1. The van der Waals surface area contributed by atoms with Gasteiger partial charge >= 0.3 is 6.09 Å². The van der Waals surface area contributed by atoms with Gasteiger partial charge in [-0.25, -0.2) is 4.79 Å². The lowest BCUT2D eigenvalue weighted by Gasteiger charge is -2.21. The number of nitrogens with two attached hydrogens (primary N) is 1. The maximum atomic E-state index is 11.4. The molecule has 4 nitrogen and oxygen atoms in total. The normalized spacial score (nSPS) is 12.5. The monoisotopic (exact) mass is 266 g/mol. The van der Waals surface area contributed by atoms with Crippen LogP contribution >= 0.6 is 12.4 Å². The van der Waals surface area contributed by atoms with E-state index < -0.39 is 5.60 Å². The van der Waals surface area contributed by atoms with E-state index in [0.717, 1.165) is 32.2 Å². The number of unbranched alkanes of at least 4 members (excludes halogenated alkanes) is 2. The fraction of sp³-hybridized carbons (Fsp3) is 0.917. The van der Waals surface area contributed by atoms with Crippen LogP contribution in [0.3, 0.4) is 0 Å². The van der Waals surface area contributed by atoms with Crippen LogP contribution in [-0.4, -0.2) is 24.3 Å². The van der Waals surface area contributed by atoms with Gasteiger partial charge in [0.1, 0.15) is 5.60 Å². The molecule has 0 spiro atoms. The van der Waals surface area contributed by atoms with Crippen molar-refractivity contribution in [2.24, 2.45) is 5.73 Å². The molecule has 17 heavy (non-hydrogen) atoms. The molecule has 0 unspecified atom stereocenters. The molecule has 0 radical (unpaired) electrons. The highest BCUT2D eigenvalue weighted by molar-refractivity contribution is 5.85. The summed E-state index contributed by atoms with van der Waals surface area (Å²) in [6, 6.07) is 0.160. The van der Waals surface area contributed by atoms with Gasteiger partial charge in [-0.2, -0.15) is 0 Å². The number of carbonyl (C=O) groups is 1. The number of carbonyl (C=O) groups excluding carboxylic acids is 1. The van der Waals surface area contributed by atoms with Crippen LogP contribution in [0.15, 0.2) is 0 Å². The van der Waals surface area contributed by atoms with Gasteiger partial charge in [0.25, 0.3) is 0 Å². The maximum absolute atomic E-state index is 11.4. The summed E-state index contributed by atoms with van der Waals surface area (Å²) in [6.45, 7) is 8.32. The van der Waals surface area contributed by atoms with Crippen molar-refractivity contribution in [1.82, 2.24) is 5.32 Å². The van der Waals surface area contributed by atoms with E-state index in [2.05, 4.69) is 5.32 Å². The Hall–Kier alpha value is -0.480. The molecule has 5 heteroatoms. The van der Waals surface area contributed by atoms with Gasteiger partial charge in [0.15, 0.2) is 0 Å². The summed E-state index contributed by atoms with van der Waals surface area (Å²) in [5.74, 6) is 0. The van der Waals surface area contributed by atoms with Crippen LogP contribution in [0.4, 0.5) is 4.79 Å². The van der Waals surface area contributed by atoms with Crippen molar-refractivity contribution < 1.29 is 9.53 Å². The first kappa shape index (κ1) is 18.9. The zero-order valence-electron chi connectivity index (χ0n) is 11.4. The quantitative estimate of drug-likeness (QED) is 0.727. The van der Waals surface area contributed by atoms with Crippen LogP contribution in [-0.2, 0) is 4.74 Å². The Morgan fingerprint density at radius 3 is 2.35 bits per heavy atom. The average molecular weight is 267 g/mol. The van der Waals surface area contributed by atoms with Crippen LogP contribution < -0.4 is 11.1 Å². The molecule has 0 fully saturated rings. The van der Waals surface area contributed by atoms with Crippen LogP contribution in [0.1, 0.15) is 53.4 Å². The molecule has 1 atom stereocenters. The Balaban J connectivity index is 0. The van der Waals surface area contributed by atoms with Gasteiger partial charge in [0.2, 0.25) is 0 Å². The second-order valence-electron chi connectivity index (χ2n) is 5.19. The SMILES string of the molecule is C[C@@H](CCCCCN)NC(=O)OC(C)(C)C.Cl. The topological polar surface area (TPSA) is 64.3 Å². The molecular formula is C12H27ClN2O2. The molecule has 1 amide bonds. The van der Waals surface area contributed by atoms with Gasteiger partial charge in [-0.3, -0.25) is 0 Å². The van der Waals surface area contributed by atoms with Crippen molar-refractivity contribution in [1.29, 1.82) is 0 Å². The first-order chi connectivity index (χ1) is 7.35. The van der Waals surface area contributed by atoms with Crippen molar-refractivity contribution in [3.63, 3.8) is 0 Å². The maximum Gasteiger partial charge on any atom is 0.407 e. The van der Waals surface area contributed by atoms with Crippen molar-refractivity contribution in [2.45, 2.75) is 65.0 Å². The minimum absolute atomic E-state index is 0. The summed E-state index contributed by atoms with van der Waals surface area (Å²) in [6.07, 6.45) is 3.91. The third-order valence-corrected chi connectivity index (χ3v) is 2.10. The van der Waals surface area contributed by atoms with Gasteiger partial charge in [0, 0.05) is 6.04 Å². The first-order valence-electron chi connectivity index (χ1n) is 6.04. The van der Waals surface area contributed by atoms with Crippen LogP contribution in [0, 0.1) is 0 Å². The highest BCUT2D eigenvalue weighted by Crippen LogP contribution is 2.08. The number of nitrogens with one attached hydrogen (secondary N) is 1. The number of rotatable bonds is 6. The third kappa shape index (κ3) is 13.5. The minimum atomic E-state index is -0.427. The Morgan fingerprint density at radius 1 is 1.29 bits per heavy atom. The molecule has 0 heterocycles. The Labute approximate surface area is 111 Å². The highest BCUT2D eigenvalue weighted by Gasteiger charge is 2.17. The molecule has 0 aliphatic heterocycles. The molecule has 0 aliphatic rings. The second kappa shape index (κ2) is 9.54. The molecule has 0 rings (SSSR count). The summed E-state index contributed by atoms with van der Waals surface area (Å²) in [5.41, 5.74) is 4.98. The summed E-state index contributed by atoms with van der Waals surface area (Å²) in [7, 11) is 0. The molecule has 3 N–H and O–H groups in total. The number of hydrogen-bond donors (Lipinski definition) is 2.